The van der Waals surface area contributed by atoms with Gasteiger partial charge < -0.3 is 5.32 Å². The minimum absolute atomic E-state index is 0.175. The summed E-state index contributed by atoms with van der Waals surface area (Å²) < 4.78 is 38.6. The van der Waals surface area contributed by atoms with Crippen LogP contribution in [0.3, 0.4) is 0 Å². The molecule has 1 fully saturated rings. The molecule has 0 aliphatic carbocycles. The zero-order chi connectivity index (χ0) is 20.1. The summed E-state index contributed by atoms with van der Waals surface area (Å²) >= 11 is 0. The highest BCUT2D eigenvalue weighted by Gasteiger charge is 2.31. The third kappa shape index (κ3) is 5.56. The molecule has 0 atom stereocenters. The molecule has 7 heteroatoms. The smallest absolute Gasteiger partial charge is 0.325 e. The predicted molar refractivity (Wildman–Crippen MR) is 103 cm³/mol. The summed E-state index contributed by atoms with van der Waals surface area (Å²) in [4.78, 5) is 16.7. The Morgan fingerprint density at radius 1 is 1.00 bits per heavy atom. The van der Waals surface area contributed by atoms with Gasteiger partial charge in [-0.1, -0.05) is 36.4 Å². The van der Waals surface area contributed by atoms with Gasteiger partial charge >= 0.3 is 6.18 Å². The monoisotopic (exact) mass is 391 g/mol. The Labute approximate surface area is 162 Å². The molecule has 1 heterocycles. The van der Waals surface area contributed by atoms with Crippen molar-refractivity contribution in [2.24, 2.45) is 0 Å². The maximum absolute atomic E-state index is 12.9. The number of alkyl halides is 3. The van der Waals surface area contributed by atoms with Crippen molar-refractivity contribution >= 4 is 11.6 Å². The molecule has 1 aliphatic rings. The van der Waals surface area contributed by atoms with Crippen LogP contribution in [0.1, 0.15) is 16.7 Å². The van der Waals surface area contributed by atoms with Crippen molar-refractivity contribution in [3.8, 4) is 0 Å². The lowest BCUT2D eigenvalue weighted by atomic mass is 10.1. The summed E-state index contributed by atoms with van der Waals surface area (Å²) in [7, 11) is 0. The summed E-state index contributed by atoms with van der Waals surface area (Å²) in [5.74, 6) is -0.293. The van der Waals surface area contributed by atoms with Crippen LogP contribution in [0.4, 0.5) is 18.9 Å². The maximum Gasteiger partial charge on any atom is 0.416 e. The van der Waals surface area contributed by atoms with Gasteiger partial charge in [0, 0.05) is 38.4 Å². The first-order valence-electron chi connectivity index (χ1n) is 9.27. The van der Waals surface area contributed by atoms with Gasteiger partial charge in [-0.15, -0.1) is 0 Å². The SMILES string of the molecule is Cc1ccc(C(F)(F)F)cc1NC(=O)CN1CCN(Cc2ccccc2)CC1. The van der Waals surface area contributed by atoms with Crippen molar-refractivity contribution in [2.75, 3.05) is 38.0 Å². The summed E-state index contributed by atoms with van der Waals surface area (Å²) in [5.41, 5.74) is 1.31. The molecule has 0 spiro atoms. The van der Waals surface area contributed by atoms with Gasteiger partial charge in [-0.3, -0.25) is 14.6 Å². The molecule has 1 aliphatic heterocycles. The van der Waals surface area contributed by atoms with E-state index in [0.29, 0.717) is 5.56 Å². The second-order valence-electron chi connectivity index (χ2n) is 7.11. The Bertz CT molecular complexity index is 800. The molecule has 1 saturated heterocycles. The second-order valence-corrected chi connectivity index (χ2v) is 7.11. The Morgan fingerprint density at radius 2 is 1.64 bits per heavy atom. The van der Waals surface area contributed by atoms with E-state index in [4.69, 9.17) is 0 Å². The van der Waals surface area contributed by atoms with Gasteiger partial charge in [0.25, 0.3) is 0 Å². The van der Waals surface area contributed by atoms with Gasteiger partial charge in [-0.25, -0.2) is 0 Å². The van der Waals surface area contributed by atoms with E-state index in [-0.39, 0.29) is 18.1 Å². The number of hydrogen-bond acceptors (Lipinski definition) is 3. The Morgan fingerprint density at radius 3 is 2.29 bits per heavy atom. The van der Waals surface area contributed by atoms with E-state index in [1.165, 1.54) is 11.6 Å². The number of amides is 1. The van der Waals surface area contributed by atoms with E-state index >= 15 is 0 Å². The van der Waals surface area contributed by atoms with E-state index in [0.717, 1.165) is 44.9 Å². The van der Waals surface area contributed by atoms with Crippen LogP contribution in [-0.4, -0.2) is 48.4 Å². The van der Waals surface area contributed by atoms with Crippen LogP contribution in [0.15, 0.2) is 48.5 Å². The van der Waals surface area contributed by atoms with Gasteiger partial charge in [0.15, 0.2) is 0 Å². The van der Waals surface area contributed by atoms with Crippen LogP contribution in [0.2, 0.25) is 0 Å². The average molecular weight is 391 g/mol. The van der Waals surface area contributed by atoms with Crippen LogP contribution >= 0.6 is 0 Å². The van der Waals surface area contributed by atoms with Crippen molar-refractivity contribution in [1.82, 2.24) is 9.80 Å². The molecule has 3 rings (SSSR count). The number of halogens is 3. The molecule has 28 heavy (non-hydrogen) atoms. The fourth-order valence-corrected chi connectivity index (χ4v) is 3.27. The van der Waals surface area contributed by atoms with E-state index in [9.17, 15) is 18.0 Å². The number of nitrogens with one attached hydrogen (secondary N) is 1. The number of carbonyl (C=O) groups is 1. The lowest BCUT2D eigenvalue weighted by Gasteiger charge is -2.34. The number of piperazine rings is 1. The van der Waals surface area contributed by atoms with Gasteiger partial charge in [-0.05, 0) is 30.2 Å². The van der Waals surface area contributed by atoms with Gasteiger partial charge in [0.1, 0.15) is 0 Å². The summed E-state index contributed by atoms with van der Waals surface area (Å²) in [6.45, 7) is 5.94. The second kappa shape index (κ2) is 8.75. The minimum Gasteiger partial charge on any atom is -0.325 e. The third-order valence-corrected chi connectivity index (χ3v) is 4.92. The fourth-order valence-electron chi connectivity index (χ4n) is 3.27. The summed E-state index contributed by atoms with van der Waals surface area (Å²) in [6.07, 6.45) is -4.43. The van der Waals surface area contributed by atoms with Crippen molar-refractivity contribution in [3.05, 3.63) is 65.2 Å². The topological polar surface area (TPSA) is 35.6 Å². The molecule has 0 saturated carbocycles. The molecule has 150 valence electrons. The lowest BCUT2D eigenvalue weighted by molar-refractivity contribution is -0.137. The van der Waals surface area contributed by atoms with E-state index in [1.807, 2.05) is 23.1 Å². The highest BCUT2D eigenvalue weighted by atomic mass is 19.4. The summed E-state index contributed by atoms with van der Waals surface area (Å²) in [6, 6.07) is 13.6. The fraction of sp³-hybridized carbons (Fsp3) is 0.381. The number of rotatable bonds is 5. The molecule has 1 N–H and O–H groups in total. The van der Waals surface area contributed by atoms with Crippen LogP contribution in [0.25, 0.3) is 0 Å². The third-order valence-electron chi connectivity index (χ3n) is 4.92. The van der Waals surface area contributed by atoms with Crippen LogP contribution in [-0.2, 0) is 17.5 Å². The molecule has 0 unspecified atom stereocenters. The number of anilines is 1. The van der Waals surface area contributed by atoms with Crippen LogP contribution in [0, 0.1) is 6.92 Å². The van der Waals surface area contributed by atoms with Crippen molar-refractivity contribution < 1.29 is 18.0 Å². The van der Waals surface area contributed by atoms with Crippen LogP contribution in [0.5, 0.6) is 0 Å². The molecule has 0 aromatic heterocycles. The average Bonchev–Trinajstić information content (AvgIpc) is 2.65. The lowest BCUT2D eigenvalue weighted by Crippen LogP contribution is -2.48. The van der Waals surface area contributed by atoms with Gasteiger partial charge in [0.05, 0.1) is 12.1 Å². The van der Waals surface area contributed by atoms with Crippen LogP contribution < -0.4 is 5.32 Å². The van der Waals surface area contributed by atoms with E-state index < -0.39 is 11.7 Å². The standard InChI is InChI=1S/C21H24F3N3O/c1-16-7-8-18(21(22,23)24)13-19(16)25-20(28)15-27-11-9-26(10-12-27)14-17-5-3-2-4-6-17/h2-8,13H,9-12,14-15H2,1H3,(H,25,28). The highest BCUT2D eigenvalue weighted by molar-refractivity contribution is 5.93. The first-order valence-corrected chi connectivity index (χ1v) is 9.27. The molecular weight excluding hydrogens is 367 g/mol. The molecule has 0 radical (unpaired) electrons. The molecule has 0 bridgehead atoms. The van der Waals surface area contributed by atoms with Gasteiger partial charge in [0.2, 0.25) is 5.91 Å². The molecule has 1 amide bonds. The van der Waals surface area contributed by atoms with Gasteiger partial charge in [-0.2, -0.15) is 13.2 Å². The molecule has 2 aromatic carbocycles. The minimum atomic E-state index is -4.43. The quantitative estimate of drug-likeness (QED) is 0.843. The molecule has 2 aromatic rings. The number of nitrogens with zero attached hydrogens (tertiary/aromatic N) is 2. The first kappa shape index (κ1) is 20.4. The Hall–Kier alpha value is -2.38. The van der Waals surface area contributed by atoms with Crippen molar-refractivity contribution in [1.29, 1.82) is 0 Å². The maximum atomic E-state index is 12.9. The number of hydrogen-bond donors (Lipinski definition) is 1. The van der Waals surface area contributed by atoms with Crippen molar-refractivity contribution in [2.45, 2.75) is 19.6 Å². The molecule has 4 nitrogen and oxygen atoms in total. The number of carbonyl (C=O) groups excluding carboxylic acids is 1. The van der Waals surface area contributed by atoms with E-state index in [2.05, 4.69) is 22.3 Å². The number of benzene rings is 2. The normalized spacial score (nSPS) is 16.1. The first-order chi connectivity index (χ1) is 13.3. The van der Waals surface area contributed by atoms with E-state index in [1.54, 1.807) is 6.92 Å². The zero-order valence-electron chi connectivity index (χ0n) is 15.8. The predicted octanol–water partition coefficient (Wildman–Crippen LogP) is 3.77. The number of aryl methyl sites for hydroxylation is 1. The summed E-state index contributed by atoms with van der Waals surface area (Å²) in [5, 5.41) is 2.63. The Kier molecular flexibility index (Phi) is 6.36. The zero-order valence-corrected chi connectivity index (χ0v) is 15.8. The molecular formula is C21H24F3N3O. The van der Waals surface area contributed by atoms with Crippen molar-refractivity contribution in [3.63, 3.8) is 0 Å². The highest BCUT2D eigenvalue weighted by Crippen LogP contribution is 2.32. The Balaban J connectivity index is 1.50. The largest absolute Gasteiger partial charge is 0.416 e.